The highest BCUT2D eigenvalue weighted by Crippen LogP contribution is 2.29. The van der Waals surface area contributed by atoms with Gasteiger partial charge in [0.15, 0.2) is 11.5 Å². The summed E-state index contributed by atoms with van der Waals surface area (Å²) in [4.78, 5) is 12.2. The minimum atomic E-state index is -0.282. The van der Waals surface area contributed by atoms with Crippen molar-refractivity contribution in [3.8, 4) is 5.75 Å². The molecule has 0 aliphatic heterocycles. The summed E-state index contributed by atoms with van der Waals surface area (Å²) in [6.45, 7) is 2.45. The van der Waals surface area contributed by atoms with Crippen LogP contribution in [0.5, 0.6) is 5.75 Å². The average molecular weight is 383 g/mol. The van der Waals surface area contributed by atoms with Gasteiger partial charge in [-0.25, -0.2) is 0 Å². The zero-order valence-electron chi connectivity index (χ0n) is 15.0. The number of methoxy groups -OCH3 is 1. The molecule has 7 heteroatoms. The van der Waals surface area contributed by atoms with Gasteiger partial charge in [0.2, 0.25) is 0 Å². The summed E-state index contributed by atoms with van der Waals surface area (Å²) in [5.41, 5.74) is 3.10. The fraction of sp³-hybridized carbons (Fsp3) is 0.150. The van der Waals surface area contributed by atoms with Crippen LogP contribution in [-0.4, -0.2) is 23.2 Å². The van der Waals surface area contributed by atoms with E-state index in [1.165, 1.54) is 5.56 Å². The molecular weight excluding hydrogens is 364 g/mol. The normalized spacial score (nSPS) is 10.3. The molecule has 0 atom stereocenters. The van der Waals surface area contributed by atoms with E-state index in [4.69, 9.17) is 16.3 Å². The van der Waals surface area contributed by atoms with Gasteiger partial charge in [0.25, 0.3) is 5.91 Å². The van der Waals surface area contributed by atoms with Gasteiger partial charge in [0.05, 0.1) is 12.8 Å². The summed E-state index contributed by atoms with van der Waals surface area (Å²) in [5.74, 6) is 0.821. The molecule has 2 N–H and O–H groups in total. The van der Waals surface area contributed by atoms with Gasteiger partial charge in [-0.05, 0) is 42.8 Å². The van der Waals surface area contributed by atoms with E-state index in [1.807, 2.05) is 31.2 Å². The van der Waals surface area contributed by atoms with Crippen LogP contribution < -0.4 is 15.4 Å². The molecule has 0 spiro atoms. The molecule has 138 valence electrons. The maximum atomic E-state index is 12.2. The van der Waals surface area contributed by atoms with Crippen LogP contribution >= 0.6 is 11.6 Å². The largest absolute Gasteiger partial charge is 0.495 e. The number of carbonyl (C=O) groups is 1. The number of benzene rings is 2. The van der Waals surface area contributed by atoms with E-state index in [0.717, 1.165) is 5.56 Å². The SMILES string of the molecule is COc1ccc(Cl)cc1Nc1ccc(C(=O)NCc2ccc(C)cc2)nn1. The Morgan fingerprint density at radius 1 is 1.07 bits per heavy atom. The molecule has 0 aliphatic carbocycles. The van der Waals surface area contributed by atoms with Crippen molar-refractivity contribution >= 4 is 29.0 Å². The topological polar surface area (TPSA) is 76.1 Å². The molecule has 3 rings (SSSR count). The van der Waals surface area contributed by atoms with E-state index >= 15 is 0 Å². The van der Waals surface area contributed by atoms with Gasteiger partial charge >= 0.3 is 0 Å². The molecule has 0 unspecified atom stereocenters. The molecular formula is C20H19ClN4O2. The van der Waals surface area contributed by atoms with Gasteiger partial charge in [-0.1, -0.05) is 41.4 Å². The Kier molecular flexibility index (Phi) is 5.88. The zero-order valence-corrected chi connectivity index (χ0v) is 15.7. The van der Waals surface area contributed by atoms with Crippen molar-refractivity contribution in [2.24, 2.45) is 0 Å². The standard InChI is InChI=1S/C20H19ClN4O2/c1-13-3-5-14(6-4-13)12-22-20(26)16-8-10-19(25-24-16)23-17-11-15(21)7-9-18(17)27-2/h3-11H,12H2,1-2H3,(H,22,26)(H,23,25). The summed E-state index contributed by atoms with van der Waals surface area (Å²) in [6.07, 6.45) is 0. The number of anilines is 2. The first kappa shape index (κ1) is 18.7. The molecule has 3 aromatic rings. The Labute approximate surface area is 162 Å². The second-order valence-electron chi connectivity index (χ2n) is 5.94. The third-order valence-corrected chi connectivity index (χ3v) is 4.13. The van der Waals surface area contributed by atoms with Gasteiger partial charge in [-0.15, -0.1) is 10.2 Å². The van der Waals surface area contributed by atoms with Crippen LogP contribution in [0.2, 0.25) is 5.02 Å². The van der Waals surface area contributed by atoms with Crippen molar-refractivity contribution in [3.05, 3.63) is 76.4 Å². The monoisotopic (exact) mass is 382 g/mol. The molecule has 6 nitrogen and oxygen atoms in total. The maximum absolute atomic E-state index is 12.2. The first-order valence-corrected chi connectivity index (χ1v) is 8.71. The summed E-state index contributed by atoms with van der Waals surface area (Å²) < 4.78 is 5.28. The number of nitrogens with zero attached hydrogens (tertiary/aromatic N) is 2. The average Bonchev–Trinajstić information content (AvgIpc) is 2.68. The fourth-order valence-electron chi connectivity index (χ4n) is 2.41. The molecule has 0 bridgehead atoms. The second-order valence-corrected chi connectivity index (χ2v) is 6.38. The van der Waals surface area contributed by atoms with Crippen LogP contribution in [0.1, 0.15) is 21.6 Å². The Morgan fingerprint density at radius 3 is 2.52 bits per heavy atom. The maximum Gasteiger partial charge on any atom is 0.272 e. The Bertz CT molecular complexity index is 928. The van der Waals surface area contributed by atoms with Crippen LogP contribution in [0.3, 0.4) is 0 Å². The van der Waals surface area contributed by atoms with Crippen LogP contribution in [0, 0.1) is 6.92 Å². The zero-order chi connectivity index (χ0) is 19.2. The van der Waals surface area contributed by atoms with Gasteiger partial charge in [-0.2, -0.15) is 0 Å². The van der Waals surface area contributed by atoms with E-state index in [-0.39, 0.29) is 11.6 Å². The number of nitrogens with one attached hydrogen (secondary N) is 2. The highest BCUT2D eigenvalue weighted by Gasteiger charge is 2.10. The lowest BCUT2D eigenvalue weighted by molar-refractivity contribution is 0.0945. The third-order valence-electron chi connectivity index (χ3n) is 3.90. The van der Waals surface area contributed by atoms with Crippen molar-refractivity contribution in [2.45, 2.75) is 13.5 Å². The minimum absolute atomic E-state index is 0.241. The Balaban J connectivity index is 1.63. The van der Waals surface area contributed by atoms with E-state index in [2.05, 4.69) is 20.8 Å². The molecule has 0 fully saturated rings. The van der Waals surface area contributed by atoms with Crippen molar-refractivity contribution < 1.29 is 9.53 Å². The molecule has 0 saturated carbocycles. The minimum Gasteiger partial charge on any atom is -0.495 e. The highest BCUT2D eigenvalue weighted by molar-refractivity contribution is 6.31. The first-order chi connectivity index (χ1) is 13.0. The van der Waals surface area contributed by atoms with Crippen molar-refractivity contribution in [3.63, 3.8) is 0 Å². The van der Waals surface area contributed by atoms with Crippen LogP contribution in [0.25, 0.3) is 0 Å². The summed E-state index contributed by atoms with van der Waals surface area (Å²) in [7, 11) is 1.57. The number of hydrogen-bond donors (Lipinski definition) is 2. The number of ether oxygens (including phenoxy) is 1. The number of hydrogen-bond acceptors (Lipinski definition) is 5. The van der Waals surface area contributed by atoms with Crippen molar-refractivity contribution in [2.75, 3.05) is 12.4 Å². The summed E-state index contributed by atoms with van der Waals surface area (Å²) >= 11 is 6.02. The number of aromatic nitrogens is 2. The van der Waals surface area contributed by atoms with E-state index in [9.17, 15) is 4.79 Å². The molecule has 1 heterocycles. The molecule has 0 radical (unpaired) electrons. The number of amides is 1. The fourth-order valence-corrected chi connectivity index (χ4v) is 2.59. The van der Waals surface area contributed by atoms with Crippen molar-refractivity contribution in [1.29, 1.82) is 0 Å². The quantitative estimate of drug-likeness (QED) is 0.670. The van der Waals surface area contributed by atoms with Crippen LogP contribution in [0.4, 0.5) is 11.5 Å². The molecule has 0 saturated heterocycles. The number of carbonyl (C=O) groups excluding carboxylic acids is 1. The molecule has 0 aliphatic rings. The lowest BCUT2D eigenvalue weighted by Crippen LogP contribution is -2.24. The van der Waals surface area contributed by atoms with E-state index in [0.29, 0.717) is 28.8 Å². The van der Waals surface area contributed by atoms with Crippen LogP contribution in [0.15, 0.2) is 54.6 Å². The van der Waals surface area contributed by atoms with E-state index in [1.54, 1.807) is 37.4 Å². The van der Waals surface area contributed by atoms with E-state index < -0.39 is 0 Å². The van der Waals surface area contributed by atoms with Gasteiger partial charge in [0, 0.05) is 11.6 Å². The lowest BCUT2D eigenvalue weighted by atomic mass is 10.1. The molecule has 1 aromatic heterocycles. The summed E-state index contributed by atoms with van der Waals surface area (Å²) in [6, 6.07) is 16.5. The Morgan fingerprint density at radius 2 is 1.85 bits per heavy atom. The second kappa shape index (κ2) is 8.51. The number of aryl methyl sites for hydroxylation is 1. The number of halogens is 1. The lowest BCUT2D eigenvalue weighted by Gasteiger charge is -2.11. The summed E-state index contributed by atoms with van der Waals surface area (Å²) in [5, 5.41) is 14.5. The van der Waals surface area contributed by atoms with Crippen molar-refractivity contribution in [1.82, 2.24) is 15.5 Å². The van der Waals surface area contributed by atoms with Gasteiger partial charge < -0.3 is 15.4 Å². The van der Waals surface area contributed by atoms with Gasteiger partial charge in [0.1, 0.15) is 5.75 Å². The predicted molar refractivity (Wildman–Crippen MR) is 106 cm³/mol. The first-order valence-electron chi connectivity index (χ1n) is 8.33. The third kappa shape index (κ3) is 4.95. The van der Waals surface area contributed by atoms with Gasteiger partial charge in [-0.3, -0.25) is 4.79 Å². The molecule has 2 aromatic carbocycles. The molecule has 1 amide bonds. The molecule has 27 heavy (non-hydrogen) atoms. The number of rotatable bonds is 6. The predicted octanol–water partition coefficient (Wildman–Crippen LogP) is 4.12. The Hall–Kier alpha value is -3.12. The van der Waals surface area contributed by atoms with Crippen LogP contribution in [-0.2, 0) is 6.54 Å². The highest BCUT2D eigenvalue weighted by atomic mass is 35.5. The smallest absolute Gasteiger partial charge is 0.272 e.